The molecule has 4 aromatic rings. The van der Waals surface area contributed by atoms with E-state index in [9.17, 15) is 9.59 Å². The van der Waals surface area contributed by atoms with Crippen LogP contribution in [-0.4, -0.2) is 28.0 Å². The molecule has 7 heteroatoms. The largest absolute Gasteiger partial charge is 0.465 e. The van der Waals surface area contributed by atoms with Crippen LogP contribution in [0.3, 0.4) is 0 Å². The molecule has 0 aliphatic rings. The van der Waals surface area contributed by atoms with Crippen molar-refractivity contribution in [2.24, 2.45) is 4.99 Å². The average Bonchev–Trinajstić information content (AvgIpc) is 3.25. The molecule has 0 saturated carbocycles. The van der Waals surface area contributed by atoms with Crippen molar-refractivity contribution in [1.29, 1.82) is 0 Å². The van der Waals surface area contributed by atoms with Crippen molar-refractivity contribution in [3.63, 3.8) is 0 Å². The highest BCUT2D eigenvalue weighted by Gasteiger charge is 2.16. The van der Waals surface area contributed by atoms with Gasteiger partial charge in [0.1, 0.15) is 6.54 Å². The normalized spacial score (nSPS) is 12.0. The maximum atomic E-state index is 13.0. The quantitative estimate of drug-likeness (QED) is 0.517. The van der Waals surface area contributed by atoms with E-state index >= 15 is 0 Å². The van der Waals surface area contributed by atoms with Crippen LogP contribution in [0.15, 0.2) is 47.6 Å². The SMILES string of the molecule is CCOC(=O)Cn1c(=NC(=O)c2c[nH]c3ccccc23)sc2c(C)cc(C)cc21. The van der Waals surface area contributed by atoms with Crippen LogP contribution in [0.4, 0.5) is 0 Å². The second-order valence-electron chi connectivity index (χ2n) is 6.87. The zero-order valence-electron chi connectivity index (χ0n) is 16.5. The molecule has 0 bridgehead atoms. The van der Waals surface area contributed by atoms with Crippen LogP contribution in [0.25, 0.3) is 21.1 Å². The molecule has 29 heavy (non-hydrogen) atoms. The van der Waals surface area contributed by atoms with Gasteiger partial charge in [0.05, 0.1) is 22.4 Å². The van der Waals surface area contributed by atoms with Gasteiger partial charge in [-0.2, -0.15) is 4.99 Å². The van der Waals surface area contributed by atoms with Crippen molar-refractivity contribution in [2.45, 2.75) is 27.3 Å². The van der Waals surface area contributed by atoms with Crippen molar-refractivity contribution >= 4 is 44.3 Å². The summed E-state index contributed by atoms with van der Waals surface area (Å²) in [5.41, 5.74) is 4.44. The molecule has 148 valence electrons. The Hall–Kier alpha value is -3.19. The van der Waals surface area contributed by atoms with Gasteiger partial charge in [0.2, 0.25) is 0 Å². The molecule has 1 amide bonds. The number of aromatic nitrogens is 2. The van der Waals surface area contributed by atoms with Crippen molar-refractivity contribution in [2.75, 3.05) is 6.61 Å². The molecular formula is C22H21N3O3S. The van der Waals surface area contributed by atoms with Gasteiger partial charge in [0.15, 0.2) is 4.80 Å². The number of benzene rings is 2. The molecule has 0 spiro atoms. The maximum Gasteiger partial charge on any atom is 0.326 e. The number of para-hydroxylation sites is 1. The van der Waals surface area contributed by atoms with Gasteiger partial charge in [-0.25, -0.2) is 0 Å². The summed E-state index contributed by atoms with van der Waals surface area (Å²) >= 11 is 1.41. The first-order chi connectivity index (χ1) is 14.0. The lowest BCUT2D eigenvalue weighted by Crippen LogP contribution is -2.23. The van der Waals surface area contributed by atoms with Crippen LogP contribution < -0.4 is 4.80 Å². The first kappa shape index (κ1) is 19.1. The third-order valence-corrected chi connectivity index (χ3v) is 5.95. The van der Waals surface area contributed by atoms with Crippen LogP contribution in [0.2, 0.25) is 0 Å². The van der Waals surface area contributed by atoms with Gasteiger partial charge < -0.3 is 14.3 Å². The van der Waals surface area contributed by atoms with E-state index < -0.39 is 0 Å². The molecule has 0 aliphatic heterocycles. The lowest BCUT2D eigenvalue weighted by Gasteiger charge is -2.06. The van der Waals surface area contributed by atoms with Crippen molar-refractivity contribution in [1.82, 2.24) is 9.55 Å². The summed E-state index contributed by atoms with van der Waals surface area (Å²) in [5, 5.41) is 0.825. The highest BCUT2D eigenvalue weighted by Crippen LogP contribution is 2.24. The molecule has 2 heterocycles. The lowest BCUT2D eigenvalue weighted by atomic mass is 10.1. The zero-order chi connectivity index (χ0) is 20.5. The number of thiazole rings is 1. The minimum absolute atomic E-state index is 0.0106. The van der Waals surface area contributed by atoms with Crippen LogP contribution in [-0.2, 0) is 16.1 Å². The van der Waals surface area contributed by atoms with Crippen LogP contribution >= 0.6 is 11.3 Å². The van der Waals surface area contributed by atoms with Crippen LogP contribution in [0, 0.1) is 13.8 Å². The molecule has 1 N–H and O–H groups in total. The van der Waals surface area contributed by atoms with E-state index in [0.717, 1.165) is 32.2 Å². The number of carbonyl (C=O) groups excluding carboxylic acids is 2. The summed E-state index contributed by atoms with van der Waals surface area (Å²) < 4.78 is 7.90. The number of amides is 1. The first-order valence-corrected chi connectivity index (χ1v) is 10.2. The van der Waals surface area contributed by atoms with E-state index in [1.54, 1.807) is 17.7 Å². The smallest absolute Gasteiger partial charge is 0.326 e. The standard InChI is InChI=1S/C22H21N3O3S/c1-4-28-19(26)12-25-18-10-13(2)9-14(3)20(18)29-22(25)24-21(27)16-11-23-17-8-6-5-7-15(16)17/h5-11,23H,4,12H2,1-3H3. The Morgan fingerprint density at radius 3 is 2.79 bits per heavy atom. The number of aromatic amines is 1. The maximum absolute atomic E-state index is 13.0. The van der Waals surface area contributed by atoms with Gasteiger partial charge in [-0.3, -0.25) is 9.59 Å². The zero-order valence-corrected chi connectivity index (χ0v) is 17.3. The molecule has 0 saturated heterocycles. The van der Waals surface area contributed by atoms with Crippen molar-refractivity contribution < 1.29 is 14.3 Å². The van der Waals surface area contributed by atoms with Gasteiger partial charge in [0, 0.05) is 17.1 Å². The van der Waals surface area contributed by atoms with E-state index in [4.69, 9.17) is 4.74 Å². The van der Waals surface area contributed by atoms with E-state index in [0.29, 0.717) is 17.0 Å². The van der Waals surface area contributed by atoms with E-state index in [1.165, 1.54) is 11.3 Å². The molecule has 2 aromatic carbocycles. The highest BCUT2D eigenvalue weighted by molar-refractivity contribution is 7.16. The van der Waals surface area contributed by atoms with E-state index in [2.05, 4.69) is 16.0 Å². The number of esters is 1. The second kappa shape index (κ2) is 7.67. The van der Waals surface area contributed by atoms with Gasteiger partial charge in [0.25, 0.3) is 5.91 Å². The van der Waals surface area contributed by atoms with Crippen LogP contribution in [0.5, 0.6) is 0 Å². The summed E-state index contributed by atoms with van der Waals surface area (Å²) in [4.78, 5) is 33.1. The Balaban J connectivity index is 1.88. The van der Waals surface area contributed by atoms with E-state index in [-0.39, 0.29) is 18.4 Å². The number of nitrogens with zero attached hydrogens (tertiary/aromatic N) is 2. The number of hydrogen-bond donors (Lipinski definition) is 1. The number of H-pyrrole nitrogens is 1. The Morgan fingerprint density at radius 1 is 1.21 bits per heavy atom. The Labute approximate surface area is 171 Å². The Bertz CT molecular complexity index is 1310. The van der Waals surface area contributed by atoms with Gasteiger partial charge >= 0.3 is 5.97 Å². The fourth-order valence-corrected chi connectivity index (χ4v) is 4.56. The monoisotopic (exact) mass is 407 g/mol. The first-order valence-electron chi connectivity index (χ1n) is 9.39. The fourth-order valence-electron chi connectivity index (χ4n) is 3.48. The van der Waals surface area contributed by atoms with Crippen LogP contribution in [0.1, 0.15) is 28.4 Å². The number of hydrogen-bond acceptors (Lipinski definition) is 4. The minimum Gasteiger partial charge on any atom is -0.465 e. The summed E-state index contributed by atoms with van der Waals surface area (Å²) in [5.74, 6) is -0.701. The predicted molar refractivity (Wildman–Crippen MR) is 114 cm³/mol. The van der Waals surface area contributed by atoms with Crippen molar-refractivity contribution in [3.8, 4) is 0 Å². The molecule has 0 atom stereocenters. The summed E-state index contributed by atoms with van der Waals surface area (Å²) in [6, 6.07) is 11.7. The molecule has 0 radical (unpaired) electrons. The number of carbonyl (C=O) groups is 2. The number of aryl methyl sites for hydroxylation is 2. The summed E-state index contributed by atoms with van der Waals surface area (Å²) in [6.07, 6.45) is 1.68. The second-order valence-corrected chi connectivity index (χ2v) is 7.85. The third-order valence-electron chi connectivity index (χ3n) is 4.72. The average molecular weight is 407 g/mol. The molecule has 0 aliphatic carbocycles. The van der Waals surface area contributed by atoms with Gasteiger partial charge in [-0.15, -0.1) is 0 Å². The fraction of sp³-hybridized carbons (Fsp3) is 0.227. The Morgan fingerprint density at radius 2 is 2.00 bits per heavy atom. The number of fused-ring (bicyclic) bond motifs is 2. The number of ether oxygens (including phenoxy) is 1. The topological polar surface area (TPSA) is 76.5 Å². The van der Waals surface area contributed by atoms with Crippen molar-refractivity contribution in [3.05, 3.63) is 64.1 Å². The Kier molecular flexibility index (Phi) is 5.07. The van der Waals surface area contributed by atoms with Gasteiger partial charge in [-0.05, 0) is 44.0 Å². The minimum atomic E-state index is -0.354. The number of nitrogens with one attached hydrogen (secondary N) is 1. The molecule has 4 rings (SSSR count). The molecule has 2 aromatic heterocycles. The highest BCUT2D eigenvalue weighted by atomic mass is 32.1. The molecule has 0 fully saturated rings. The summed E-state index contributed by atoms with van der Waals surface area (Å²) in [6.45, 7) is 6.12. The van der Waals surface area contributed by atoms with E-state index in [1.807, 2.05) is 44.2 Å². The molecule has 6 nitrogen and oxygen atoms in total. The lowest BCUT2D eigenvalue weighted by molar-refractivity contribution is -0.143. The number of rotatable bonds is 4. The summed E-state index contributed by atoms with van der Waals surface area (Å²) in [7, 11) is 0. The molecular weight excluding hydrogens is 386 g/mol. The van der Waals surface area contributed by atoms with Gasteiger partial charge in [-0.1, -0.05) is 35.6 Å². The third kappa shape index (κ3) is 3.61. The predicted octanol–water partition coefficient (Wildman–Crippen LogP) is 4.11. The molecule has 0 unspecified atom stereocenters.